The number of hydrogen-bond donors (Lipinski definition) is 0. The van der Waals surface area contributed by atoms with Crippen molar-refractivity contribution in [3.8, 4) is 6.07 Å². The Bertz CT molecular complexity index is 769. The SMILES string of the molecule is N#Cc1ccc2c(c1)c(Br)cn2Cc1ccncc1. The van der Waals surface area contributed by atoms with Crippen LogP contribution in [0.1, 0.15) is 11.1 Å². The highest BCUT2D eigenvalue weighted by molar-refractivity contribution is 9.10. The van der Waals surface area contributed by atoms with Crippen LogP contribution in [0.3, 0.4) is 0 Å². The average molecular weight is 312 g/mol. The number of nitriles is 1. The van der Waals surface area contributed by atoms with Crippen LogP contribution < -0.4 is 0 Å². The maximum atomic E-state index is 8.95. The first-order chi connectivity index (χ1) is 9.28. The van der Waals surface area contributed by atoms with Gasteiger partial charge >= 0.3 is 0 Å². The second kappa shape index (κ2) is 4.87. The summed E-state index contributed by atoms with van der Waals surface area (Å²) in [4.78, 5) is 4.02. The fraction of sp³-hybridized carbons (Fsp3) is 0.0667. The van der Waals surface area contributed by atoms with Crippen LogP contribution in [0.4, 0.5) is 0 Å². The lowest BCUT2D eigenvalue weighted by Crippen LogP contribution is -1.97. The number of pyridine rings is 1. The molecular weight excluding hydrogens is 302 g/mol. The predicted octanol–water partition coefficient (Wildman–Crippen LogP) is 3.72. The van der Waals surface area contributed by atoms with Gasteiger partial charge in [0.25, 0.3) is 0 Å². The molecule has 0 unspecified atom stereocenters. The highest BCUT2D eigenvalue weighted by Crippen LogP contribution is 2.27. The van der Waals surface area contributed by atoms with E-state index in [0.717, 1.165) is 21.9 Å². The molecule has 0 saturated heterocycles. The van der Waals surface area contributed by atoms with E-state index >= 15 is 0 Å². The van der Waals surface area contributed by atoms with Crippen LogP contribution in [0.5, 0.6) is 0 Å². The van der Waals surface area contributed by atoms with Gasteiger partial charge in [-0.3, -0.25) is 4.98 Å². The normalized spacial score (nSPS) is 10.5. The molecule has 1 aromatic carbocycles. The number of fused-ring (bicyclic) bond motifs is 1. The lowest BCUT2D eigenvalue weighted by atomic mass is 10.2. The van der Waals surface area contributed by atoms with Gasteiger partial charge < -0.3 is 4.57 Å². The van der Waals surface area contributed by atoms with Crippen molar-refractivity contribution in [2.45, 2.75) is 6.54 Å². The van der Waals surface area contributed by atoms with Crippen LogP contribution in [0.15, 0.2) is 53.4 Å². The molecule has 0 aliphatic heterocycles. The van der Waals surface area contributed by atoms with E-state index in [1.54, 1.807) is 12.4 Å². The highest BCUT2D eigenvalue weighted by atomic mass is 79.9. The molecule has 2 heterocycles. The minimum absolute atomic E-state index is 0.676. The third kappa shape index (κ3) is 2.25. The van der Waals surface area contributed by atoms with Crippen molar-refractivity contribution in [2.75, 3.05) is 0 Å². The molecule has 3 nitrogen and oxygen atoms in total. The largest absolute Gasteiger partial charge is 0.342 e. The Labute approximate surface area is 119 Å². The minimum Gasteiger partial charge on any atom is -0.342 e. The van der Waals surface area contributed by atoms with E-state index in [-0.39, 0.29) is 0 Å². The summed E-state index contributed by atoms with van der Waals surface area (Å²) in [6, 6.07) is 11.9. The highest BCUT2D eigenvalue weighted by Gasteiger charge is 2.07. The molecule has 0 N–H and O–H groups in total. The zero-order valence-electron chi connectivity index (χ0n) is 10.0. The van der Waals surface area contributed by atoms with Crippen LogP contribution in [0, 0.1) is 11.3 Å². The Morgan fingerprint density at radius 3 is 2.74 bits per heavy atom. The lowest BCUT2D eigenvalue weighted by Gasteiger charge is -2.05. The Hall–Kier alpha value is -2.12. The van der Waals surface area contributed by atoms with Gasteiger partial charge in [-0.15, -0.1) is 0 Å². The van der Waals surface area contributed by atoms with Gasteiger partial charge in [-0.05, 0) is 51.8 Å². The van der Waals surface area contributed by atoms with E-state index in [2.05, 4.69) is 31.6 Å². The fourth-order valence-corrected chi connectivity index (χ4v) is 2.70. The maximum Gasteiger partial charge on any atom is 0.0991 e. The summed E-state index contributed by atoms with van der Waals surface area (Å²) < 4.78 is 3.17. The zero-order valence-corrected chi connectivity index (χ0v) is 11.6. The first kappa shape index (κ1) is 11.9. The number of halogens is 1. The number of nitrogens with zero attached hydrogens (tertiary/aromatic N) is 3. The molecular formula is C15H10BrN3. The van der Waals surface area contributed by atoms with Crippen molar-refractivity contribution in [3.05, 3.63) is 64.5 Å². The van der Waals surface area contributed by atoms with Crippen molar-refractivity contribution in [1.82, 2.24) is 9.55 Å². The number of benzene rings is 1. The van der Waals surface area contributed by atoms with Crippen molar-refractivity contribution in [3.63, 3.8) is 0 Å². The number of aromatic nitrogens is 2. The molecule has 0 spiro atoms. The fourth-order valence-electron chi connectivity index (χ4n) is 2.14. The zero-order chi connectivity index (χ0) is 13.2. The summed E-state index contributed by atoms with van der Waals surface area (Å²) in [6.07, 6.45) is 5.64. The predicted molar refractivity (Wildman–Crippen MR) is 77.7 cm³/mol. The van der Waals surface area contributed by atoms with E-state index in [1.807, 2.05) is 36.5 Å². The van der Waals surface area contributed by atoms with Gasteiger partial charge in [0.2, 0.25) is 0 Å². The minimum atomic E-state index is 0.676. The van der Waals surface area contributed by atoms with Gasteiger partial charge in [-0.1, -0.05) is 0 Å². The first-order valence-electron chi connectivity index (χ1n) is 5.85. The Morgan fingerprint density at radius 1 is 1.21 bits per heavy atom. The van der Waals surface area contributed by atoms with Crippen molar-refractivity contribution in [2.24, 2.45) is 0 Å². The molecule has 2 aromatic heterocycles. The quantitative estimate of drug-likeness (QED) is 0.724. The smallest absolute Gasteiger partial charge is 0.0991 e. The average Bonchev–Trinajstić information content (AvgIpc) is 2.76. The molecule has 0 bridgehead atoms. The molecule has 3 rings (SSSR count). The van der Waals surface area contributed by atoms with E-state index < -0.39 is 0 Å². The standard InChI is InChI=1S/C15H10BrN3/c16-14-10-19(9-11-3-5-18-6-4-11)15-2-1-12(8-17)7-13(14)15/h1-7,10H,9H2. The monoisotopic (exact) mass is 311 g/mol. The van der Waals surface area contributed by atoms with E-state index in [1.165, 1.54) is 5.56 Å². The molecule has 0 amide bonds. The molecule has 0 saturated carbocycles. The topological polar surface area (TPSA) is 41.6 Å². The van der Waals surface area contributed by atoms with E-state index in [9.17, 15) is 0 Å². The maximum absolute atomic E-state index is 8.95. The third-order valence-electron chi connectivity index (χ3n) is 3.06. The molecule has 0 radical (unpaired) electrons. The van der Waals surface area contributed by atoms with Crippen LogP contribution in [0.2, 0.25) is 0 Å². The molecule has 92 valence electrons. The van der Waals surface area contributed by atoms with Gasteiger partial charge in [-0.25, -0.2) is 0 Å². The summed E-state index contributed by atoms with van der Waals surface area (Å²) in [5.74, 6) is 0. The molecule has 4 heteroatoms. The molecule has 0 atom stereocenters. The van der Waals surface area contributed by atoms with Crippen LogP contribution in [0.25, 0.3) is 10.9 Å². The van der Waals surface area contributed by atoms with Gasteiger partial charge in [0.05, 0.1) is 11.6 Å². The molecule has 3 aromatic rings. The Balaban J connectivity index is 2.08. The summed E-state index contributed by atoms with van der Waals surface area (Å²) >= 11 is 3.55. The first-order valence-corrected chi connectivity index (χ1v) is 6.64. The molecule has 19 heavy (non-hydrogen) atoms. The van der Waals surface area contributed by atoms with Gasteiger partial charge in [0, 0.05) is 40.5 Å². The van der Waals surface area contributed by atoms with E-state index in [4.69, 9.17) is 5.26 Å². The summed E-state index contributed by atoms with van der Waals surface area (Å²) in [7, 11) is 0. The van der Waals surface area contributed by atoms with Crippen LogP contribution in [-0.2, 0) is 6.54 Å². The second-order valence-electron chi connectivity index (χ2n) is 4.30. The molecule has 0 aliphatic carbocycles. The number of rotatable bonds is 2. The molecule has 0 aliphatic rings. The van der Waals surface area contributed by atoms with Crippen molar-refractivity contribution < 1.29 is 0 Å². The van der Waals surface area contributed by atoms with Gasteiger partial charge in [0.15, 0.2) is 0 Å². The van der Waals surface area contributed by atoms with Crippen LogP contribution in [-0.4, -0.2) is 9.55 Å². The summed E-state index contributed by atoms with van der Waals surface area (Å²) in [5, 5.41) is 10.0. The van der Waals surface area contributed by atoms with Gasteiger partial charge in [0.1, 0.15) is 0 Å². The van der Waals surface area contributed by atoms with Gasteiger partial charge in [-0.2, -0.15) is 5.26 Å². The van der Waals surface area contributed by atoms with E-state index in [0.29, 0.717) is 5.56 Å². The second-order valence-corrected chi connectivity index (χ2v) is 5.16. The lowest BCUT2D eigenvalue weighted by molar-refractivity contribution is 0.833. The number of hydrogen-bond acceptors (Lipinski definition) is 2. The Morgan fingerprint density at radius 2 is 2.00 bits per heavy atom. The third-order valence-corrected chi connectivity index (χ3v) is 3.70. The summed E-state index contributed by atoms with van der Waals surface area (Å²) in [5.41, 5.74) is 2.99. The Kier molecular flexibility index (Phi) is 3.06. The van der Waals surface area contributed by atoms with Crippen LogP contribution >= 0.6 is 15.9 Å². The van der Waals surface area contributed by atoms with Crippen molar-refractivity contribution in [1.29, 1.82) is 5.26 Å². The van der Waals surface area contributed by atoms with Crippen molar-refractivity contribution >= 4 is 26.8 Å². The molecule has 0 fully saturated rings. The summed E-state index contributed by atoms with van der Waals surface area (Å²) in [6.45, 7) is 0.788.